The van der Waals surface area contributed by atoms with E-state index < -0.39 is 28.8 Å². The first-order chi connectivity index (χ1) is 9.58. The number of hydrogen-bond donors (Lipinski definition) is 0. The Hall–Kier alpha value is -2.10. The van der Waals surface area contributed by atoms with E-state index in [-0.39, 0.29) is 6.42 Å². The predicted octanol–water partition coefficient (Wildman–Crippen LogP) is 4.31. The molecule has 0 fully saturated rings. The van der Waals surface area contributed by atoms with Crippen molar-refractivity contribution in [3.05, 3.63) is 71.0 Å². The van der Waals surface area contributed by atoms with E-state index in [0.29, 0.717) is 25.0 Å². The molecule has 0 aromatic heterocycles. The maximum Gasteiger partial charge on any atom is 0.168 e. The van der Waals surface area contributed by atoms with Crippen molar-refractivity contribution in [2.24, 2.45) is 0 Å². The van der Waals surface area contributed by atoms with Gasteiger partial charge in [-0.25, -0.2) is 13.2 Å². The minimum atomic E-state index is -1.15. The molecule has 0 aliphatic carbocycles. The minimum absolute atomic E-state index is 0.0222. The van der Waals surface area contributed by atoms with Crippen LogP contribution in [0.3, 0.4) is 0 Å². The first kappa shape index (κ1) is 14.3. The third kappa shape index (κ3) is 3.47. The van der Waals surface area contributed by atoms with Gasteiger partial charge in [-0.1, -0.05) is 30.3 Å². The second-order valence-corrected chi connectivity index (χ2v) is 4.51. The second-order valence-electron chi connectivity index (χ2n) is 4.51. The molecule has 0 bridgehead atoms. The lowest BCUT2D eigenvalue weighted by atomic mass is 10.0. The number of rotatable bonds is 5. The summed E-state index contributed by atoms with van der Waals surface area (Å²) >= 11 is 0. The van der Waals surface area contributed by atoms with Crippen LogP contribution in [0.2, 0.25) is 0 Å². The van der Waals surface area contributed by atoms with Gasteiger partial charge in [0.2, 0.25) is 0 Å². The summed E-state index contributed by atoms with van der Waals surface area (Å²) in [4.78, 5) is 11.8. The Morgan fingerprint density at radius 1 is 0.950 bits per heavy atom. The number of benzene rings is 2. The fraction of sp³-hybridized carbons (Fsp3) is 0.188. The molecule has 4 heteroatoms. The normalized spacial score (nSPS) is 10.6. The van der Waals surface area contributed by atoms with Crippen molar-refractivity contribution in [1.29, 1.82) is 0 Å². The van der Waals surface area contributed by atoms with Gasteiger partial charge in [0.25, 0.3) is 0 Å². The molecule has 0 N–H and O–H groups in total. The van der Waals surface area contributed by atoms with E-state index >= 15 is 0 Å². The maximum absolute atomic E-state index is 13.4. The summed E-state index contributed by atoms with van der Waals surface area (Å²) in [6, 6.07) is 10.5. The molecule has 0 radical (unpaired) electrons. The summed E-state index contributed by atoms with van der Waals surface area (Å²) < 4.78 is 39.6. The van der Waals surface area contributed by atoms with Gasteiger partial charge in [-0.3, -0.25) is 4.79 Å². The number of aryl methyl sites for hydroxylation is 1. The molecule has 0 saturated heterocycles. The average Bonchev–Trinajstić information content (AvgIpc) is 2.38. The van der Waals surface area contributed by atoms with Gasteiger partial charge < -0.3 is 0 Å². The van der Waals surface area contributed by atoms with E-state index in [9.17, 15) is 18.0 Å². The largest absolute Gasteiger partial charge is 0.294 e. The highest BCUT2D eigenvalue weighted by Gasteiger charge is 2.18. The predicted molar refractivity (Wildman–Crippen MR) is 70.0 cm³/mol. The van der Waals surface area contributed by atoms with Crippen molar-refractivity contribution in [2.45, 2.75) is 19.3 Å². The van der Waals surface area contributed by atoms with Crippen LogP contribution in [0, 0.1) is 17.5 Å². The van der Waals surface area contributed by atoms with Gasteiger partial charge in [0.05, 0.1) is 5.56 Å². The molecule has 0 aliphatic rings. The summed E-state index contributed by atoms with van der Waals surface area (Å²) in [5.74, 6) is -3.96. The van der Waals surface area contributed by atoms with Crippen molar-refractivity contribution >= 4 is 5.78 Å². The van der Waals surface area contributed by atoms with Crippen molar-refractivity contribution in [3.63, 3.8) is 0 Å². The molecule has 1 nitrogen and oxygen atoms in total. The van der Waals surface area contributed by atoms with Gasteiger partial charge in [-0.2, -0.15) is 0 Å². The quantitative estimate of drug-likeness (QED) is 0.745. The van der Waals surface area contributed by atoms with Crippen LogP contribution in [-0.4, -0.2) is 5.78 Å². The zero-order valence-electron chi connectivity index (χ0n) is 10.7. The van der Waals surface area contributed by atoms with Crippen molar-refractivity contribution in [2.75, 3.05) is 0 Å². The lowest BCUT2D eigenvalue weighted by Gasteiger charge is -2.05. The number of halogens is 3. The lowest BCUT2D eigenvalue weighted by molar-refractivity contribution is 0.0972. The molecule has 0 atom stereocenters. The van der Waals surface area contributed by atoms with Crippen LogP contribution in [0.4, 0.5) is 13.2 Å². The fourth-order valence-corrected chi connectivity index (χ4v) is 2.03. The first-order valence-corrected chi connectivity index (χ1v) is 6.29. The zero-order valence-corrected chi connectivity index (χ0v) is 10.7. The van der Waals surface area contributed by atoms with E-state index in [2.05, 4.69) is 0 Å². The number of carbonyl (C=O) groups is 1. The summed E-state index contributed by atoms with van der Waals surface area (Å²) in [7, 11) is 0. The number of Topliss-reactive ketones (excluding diaryl/α,β-unsaturated/α-hetero) is 1. The fourth-order valence-electron chi connectivity index (χ4n) is 2.03. The monoisotopic (exact) mass is 278 g/mol. The van der Waals surface area contributed by atoms with Crippen LogP contribution in [0.15, 0.2) is 42.5 Å². The van der Waals surface area contributed by atoms with Crippen LogP contribution >= 0.6 is 0 Å². The maximum atomic E-state index is 13.4. The van der Waals surface area contributed by atoms with Crippen molar-refractivity contribution in [1.82, 2.24) is 0 Å². The van der Waals surface area contributed by atoms with Crippen LogP contribution in [0.25, 0.3) is 0 Å². The number of carbonyl (C=O) groups excluding carboxylic acids is 1. The molecular formula is C16H13F3O. The second kappa shape index (κ2) is 6.37. The average molecular weight is 278 g/mol. The summed E-state index contributed by atoms with van der Waals surface area (Å²) in [5, 5.41) is 0. The number of ketones is 1. The molecule has 0 spiro atoms. The summed E-state index contributed by atoms with van der Waals surface area (Å²) in [6.45, 7) is 0. The van der Waals surface area contributed by atoms with Crippen LogP contribution in [0.5, 0.6) is 0 Å². The molecular weight excluding hydrogens is 265 g/mol. The highest BCUT2D eigenvalue weighted by atomic mass is 19.1. The molecule has 2 aromatic carbocycles. The topological polar surface area (TPSA) is 17.1 Å². The molecule has 0 amide bonds. The van der Waals surface area contributed by atoms with Gasteiger partial charge in [0.1, 0.15) is 17.5 Å². The Kier molecular flexibility index (Phi) is 4.56. The Bertz CT molecular complexity index is 585. The van der Waals surface area contributed by atoms with Gasteiger partial charge in [-0.15, -0.1) is 0 Å². The summed E-state index contributed by atoms with van der Waals surface area (Å²) in [5.41, 5.74) is 0.403. The molecule has 0 heterocycles. The van der Waals surface area contributed by atoms with E-state index in [1.807, 2.05) is 30.3 Å². The van der Waals surface area contributed by atoms with Crippen molar-refractivity contribution in [3.8, 4) is 0 Å². The molecule has 2 aromatic rings. The third-order valence-corrected chi connectivity index (χ3v) is 3.00. The van der Waals surface area contributed by atoms with E-state index in [0.717, 1.165) is 5.56 Å². The van der Waals surface area contributed by atoms with Crippen LogP contribution < -0.4 is 0 Å². The highest BCUT2D eigenvalue weighted by molar-refractivity contribution is 5.96. The molecule has 0 saturated carbocycles. The third-order valence-electron chi connectivity index (χ3n) is 3.00. The lowest BCUT2D eigenvalue weighted by Crippen LogP contribution is -2.07. The van der Waals surface area contributed by atoms with Crippen LogP contribution in [-0.2, 0) is 6.42 Å². The number of hydrogen-bond acceptors (Lipinski definition) is 1. The molecule has 2 rings (SSSR count). The van der Waals surface area contributed by atoms with Crippen molar-refractivity contribution < 1.29 is 18.0 Å². The Balaban J connectivity index is 1.99. The molecule has 20 heavy (non-hydrogen) atoms. The standard InChI is InChI=1S/C16H13F3O/c17-12-9-13(18)16(14(19)10-12)15(20)8-4-7-11-5-2-1-3-6-11/h1-3,5-6,9-10H,4,7-8H2. The van der Waals surface area contributed by atoms with Gasteiger partial charge >= 0.3 is 0 Å². The highest BCUT2D eigenvalue weighted by Crippen LogP contribution is 2.18. The van der Waals surface area contributed by atoms with E-state index in [1.54, 1.807) is 0 Å². The molecule has 104 valence electrons. The molecule has 0 unspecified atom stereocenters. The zero-order chi connectivity index (χ0) is 14.5. The van der Waals surface area contributed by atoms with Gasteiger partial charge in [0.15, 0.2) is 5.78 Å². The van der Waals surface area contributed by atoms with E-state index in [1.165, 1.54) is 0 Å². The van der Waals surface area contributed by atoms with Gasteiger partial charge in [-0.05, 0) is 18.4 Å². The minimum Gasteiger partial charge on any atom is -0.294 e. The van der Waals surface area contributed by atoms with Crippen LogP contribution in [0.1, 0.15) is 28.8 Å². The SMILES string of the molecule is O=C(CCCc1ccccc1)c1c(F)cc(F)cc1F. The smallest absolute Gasteiger partial charge is 0.168 e. The first-order valence-electron chi connectivity index (χ1n) is 6.29. The molecule has 0 aliphatic heterocycles. The van der Waals surface area contributed by atoms with E-state index in [4.69, 9.17) is 0 Å². The van der Waals surface area contributed by atoms with Gasteiger partial charge in [0, 0.05) is 18.6 Å². The Morgan fingerprint density at radius 3 is 2.15 bits per heavy atom. The summed E-state index contributed by atoms with van der Waals surface area (Å²) in [6.07, 6.45) is 1.16. The Morgan fingerprint density at radius 2 is 1.55 bits per heavy atom. The Labute approximate surface area is 115 Å².